The number of nitrogens with zero attached hydrogens (tertiary/aromatic N) is 1. The number of amides is 2. The van der Waals surface area contributed by atoms with Crippen molar-refractivity contribution in [3.05, 3.63) is 100 Å². The van der Waals surface area contributed by atoms with Crippen LogP contribution in [-0.4, -0.2) is 29.8 Å². The molecule has 3 aromatic rings. The normalized spacial score (nSPS) is 10.6. The van der Waals surface area contributed by atoms with Gasteiger partial charge < -0.3 is 16.0 Å². The van der Waals surface area contributed by atoms with E-state index in [-0.39, 0.29) is 18.0 Å². The Morgan fingerprint density at radius 1 is 0.938 bits per heavy atom. The van der Waals surface area contributed by atoms with Crippen LogP contribution in [0.5, 0.6) is 0 Å². The number of rotatable bonds is 8. The third kappa shape index (κ3) is 6.12. The molecule has 0 aliphatic carbocycles. The van der Waals surface area contributed by atoms with Crippen molar-refractivity contribution in [3.8, 4) is 0 Å². The van der Waals surface area contributed by atoms with Gasteiger partial charge in [0.2, 0.25) is 0 Å². The second-order valence-electron chi connectivity index (χ2n) is 7.15. The van der Waals surface area contributed by atoms with E-state index in [1.165, 1.54) is 0 Å². The van der Waals surface area contributed by atoms with E-state index in [0.29, 0.717) is 47.4 Å². The van der Waals surface area contributed by atoms with Crippen LogP contribution in [0.2, 0.25) is 5.02 Å². The first-order chi connectivity index (χ1) is 15.4. The molecule has 0 radical (unpaired) electrons. The van der Waals surface area contributed by atoms with Gasteiger partial charge in [-0.25, -0.2) is 8.78 Å². The number of hydrogen-bond acceptors (Lipinski definition) is 3. The van der Waals surface area contributed by atoms with Gasteiger partial charge in [0.1, 0.15) is 11.6 Å². The first-order valence-corrected chi connectivity index (χ1v) is 10.4. The monoisotopic (exact) mass is 457 g/mol. The van der Waals surface area contributed by atoms with Crippen molar-refractivity contribution < 1.29 is 18.4 Å². The number of carbonyl (C=O) groups is 2. The average molecular weight is 458 g/mol. The summed E-state index contributed by atoms with van der Waals surface area (Å²) in [4.78, 5) is 27.0. The van der Waals surface area contributed by atoms with E-state index in [2.05, 4.69) is 5.32 Å². The highest BCUT2D eigenvalue weighted by Gasteiger charge is 2.18. The fourth-order valence-electron chi connectivity index (χ4n) is 3.17. The molecule has 3 rings (SSSR count). The molecule has 32 heavy (non-hydrogen) atoms. The Morgan fingerprint density at radius 2 is 1.62 bits per heavy atom. The van der Waals surface area contributed by atoms with Crippen molar-refractivity contribution in [1.82, 2.24) is 4.90 Å². The van der Waals surface area contributed by atoms with Gasteiger partial charge in [-0.2, -0.15) is 0 Å². The topological polar surface area (TPSA) is 75.4 Å². The molecule has 0 fully saturated rings. The van der Waals surface area contributed by atoms with Crippen LogP contribution in [0.3, 0.4) is 0 Å². The molecule has 0 atom stereocenters. The van der Waals surface area contributed by atoms with Gasteiger partial charge >= 0.3 is 0 Å². The van der Waals surface area contributed by atoms with Crippen LogP contribution in [0, 0.1) is 11.6 Å². The molecular weight excluding hydrogens is 436 g/mol. The lowest BCUT2D eigenvalue weighted by Gasteiger charge is -2.24. The fourth-order valence-corrected chi connectivity index (χ4v) is 3.34. The average Bonchev–Trinajstić information content (AvgIpc) is 2.78. The van der Waals surface area contributed by atoms with Crippen molar-refractivity contribution in [2.24, 2.45) is 5.73 Å². The van der Waals surface area contributed by atoms with Gasteiger partial charge in [0, 0.05) is 41.0 Å². The van der Waals surface area contributed by atoms with E-state index in [1.807, 2.05) is 6.07 Å². The van der Waals surface area contributed by atoms with Gasteiger partial charge in [-0.05, 0) is 61.0 Å². The smallest absolute Gasteiger partial charge is 0.255 e. The van der Waals surface area contributed by atoms with Gasteiger partial charge in [-0.1, -0.05) is 29.8 Å². The summed E-state index contributed by atoms with van der Waals surface area (Å²) in [7, 11) is 0. The zero-order valence-corrected chi connectivity index (χ0v) is 17.9. The summed E-state index contributed by atoms with van der Waals surface area (Å²) < 4.78 is 26.8. The van der Waals surface area contributed by atoms with Gasteiger partial charge in [-0.15, -0.1) is 0 Å². The number of hydrogen-bond donors (Lipinski definition) is 2. The lowest BCUT2D eigenvalue weighted by Crippen LogP contribution is -2.32. The highest BCUT2D eigenvalue weighted by Crippen LogP contribution is 2.24. The number of anilines is 1. The maximum absolute atomic E-state index is 13.4. The number of nitrogens with two attached hydrogens (primary N) is 1. The van der Waals surface area contributed by atoms with E-state index in [0.717, 1.165) is 12.1 Å². The van der Waals surface area contributed by atoms with Crippen LogP contribution in [-0.2, 0) is 6.54 Å². The van der Waals surface area contributed by atoms with Crippen LogP contribution in [0.1, 0.15) is 32.7 Å². The summed E-state index contributed by atoms with van der Waals surface area (Å²) in [6.07, 6.45) is 0.609. The highest BCUT2D eigenvalue weighted by atomic mass is 35.5. The summed E-state index contributed by atoms with van der Waals surface area (Å²) in [5.41, 5.74) is 7.01. The Labute approximate surface area is 189 Å². The zero-order chi connectivity index (χ0) is 23.1. The second-order valence-corrected chi connectivity index (χ2v) is 7.56. The third-order valence-electron chi connectivity index (χ3n) is 4.73. The molecule has 0 heterocycles. The molecule has 0 aliphatic heterocycles. The standard InChI is InChI=1S/C24H22ClF2N3O2/c25-22-8-7-21(29-23(31)17-11-19(26)14-20(27)12-17)13-18(22)15-30(10-4-9-28)24(32)16-5-2-1-3-6-16/h1-3,5-8,11-14H,4,9-10,15,28H2,(H,29,31). The fraction of sp³-hybridized carbons (Fsp3) is 0.167. The predicted octanol–water partition coefficient (Wildman–Crippen LogP) is 4.86. The minimum absolute atomic E-state index is 0.150. The Morgan fingerprint density at radius 3 is 2.28 bits per heavy atom. The molecule has 2 amide bonds. The number of nitrogens with one attached hydrogen (secondary N) is 1. The summed E-state index contributed by atoms with van der Waals surface area (Å²) in [6.45, 7) is 1.05. The minimum Gasteiger partial charge on any atom is -0.334 e. The maximum Gasteiger partial charge on any atom is 0.255 e. The largest absolute Gasteiger partial charge is 0.334 e. The van der Waals surface area contributed by atoms with E-state index in [4.69, 9.17) is 17.3 Å². The number of carbonyl (C=O) groups excluding carboxylic acids is 2. The van der Waals surface area contributed by atoms with Crippen LogP contribution >= 0.6 is 11.6 Å². The summed E-state index contributed by atoms with van der Waals surface area (Å²) in [5, 5.41) is 3.02. The van der Waals surface area contributed by atoms with E-state index >= 15 is 0 Å². The molecule has 0 saturated heterocycles. The Kier molecular flexibility index (Phi) is 7.92. The van der Waals surface area contributed by atoms with Gasteiger partial charge in [0.05, 0.1) is 0 Å². The van der Waals surface area contributed by atoms with Crippen molar-refractivity contribution in [3.63, 3.8) is 0 Å². The van der Waals surface area contributed by atoms with Crippen molar-refractivity contribution in [1.29, 1.82) is 0 Å². The summed E-state index contributed by atoms with van der Waals surface area (Å²) in [6, 6.07) is 16.2. The molecular formula is C24H22ClF2N3O2. The van der Waals surface area contributed by atoms with Crippen LogP contribution in [0.4, 0.5) is 14.5 Å². The molecule has 3 aromatic carbocycles. The minimum atomic E-state index is -0.845. The van der Waals surface area contributed by atoms with E-state index < -0.39 is 17.5 Å². The first-order valence-electron chi connectivity index (χ1n) is 9.97. The van der Waals surface area contributed by atoms with Crippen molar-refractivity contribution in [2.75, 3.05) is 18.4 Å². The molecule has 0 spiro atoms. The second kappa shape index (κ2) is 10.8. The summed E-state index contributed by atoms with van der Waals surface area (Å²) in [5.74, 6) is -2.53. The maximum atomic E-state index is 13.4. The van der Waals surface area contributed by atoms with Gasteiger partial charge in [0.25, 0.3) is 11.8 Å². The lowest BCUT2D eigenvalue weighted by molar-refractivity contribution is 0.0742. The first kappa shape index (κ1) is 23.4. The molecule has 166 valence electrons. The van der Waals surface area contributed by atoms with Crippen LogP contribution < -0.4 is 11.1 Å². The Hall–Kier alpha value is -3.29. The molecule has 5 nitrogen and oxygen atoms in total. The Balaban J connectivity index is 1.81. The van der Waals surface area contributed by atoms with Crippen molar-refractivity contribution in [2.45, 2.75) is 13.0 Å². The molecule has 0 aliphatic rings. The quantitative estimate of drug-likeness (QED) is 0.507. The van der Waals surface area contributed by atoms with Crippen LogP contribution in [0.15, 0.2) is 66.7 Å². The number of halogens is 3. The molecule has 0 bridgehead atoms. The highest BCUT2D eigenvalue weighted by molar-refractivity contribution is 6.31. The predicted molar refractivity (Wildman–Crippen MR) is 121 cm³/mol. The summed E-state index contributed by atoms with van der Waals surface area (Å²) >= 11 is 6.35. The SMILES string of the molecule is NCCCN(Cc1cc(NC(=O)c2cc(F)cc(F)c2)ccc1Cl)C(=O)c1ccccc1. The Bertz CT molecular complexity index is 1090. The molecule has 8 heteroatoms. The van der Waals surface area contributed by atoms with E-state index in [9.17, 15) is 18.4 Å². The van der Waals surface area contributed by atoms with Gasteiger partial charge in [-0.3, -0.25) is 9.59 Å². The third-order valence-corrected chi connectivity index (χ3v) is 5.10. The van der Waals surface area contributed by atoms with Gasteiger partial charge in [0.15, 0.2) is 0 Å². The zero-order valence-electron chi connectivity index (χ0n) is 17.2. The molecule has 0 saturated carbocycles. The van der Waals surface area contributed by atoms with E-state index in [1.54, 1.807) is 47.4 Å². The lowest BCUT2D eigenvalue weighted by atomic mass is 10.1. The van der Waals surface area contributed by atoms with Crippen LogP contribution in [0.25, 0.3) is 0 Å². The molecule has 0 aromatic heterocycles. The molecule has 0 unspecified atom stereocenters. The van der Waals surface area contributed by atoms with Crippen molar-refractivity contribution >= 4 is 29.1 Å². The number of benzene rings is 3. The molecule has 3 N–H and O–H groups in total.